The molecule has 1 aliphatic heterocycles. The summed E-state index contributed by atoms with van der Waals surface area (Å²) in [5, 5.41) is 3.25. The maximum atomic E-state index is 12.4. The molecule has 0 saturated carbocycles. The third kappa shape index (κ3) is 4.04. The van der Waals surface area contributed by atoms with Crippen LogP contribution in [0.4, 0.5) is 0 Å². The summed E-state index contributed by atoms with van der Waals surface area (Å²) in [5.41, 5.74) is 6.89. The van der Waals surface area contributed by atoms with Gasteiger partial charge >= 0.3 is 0 Å². The van der Waals surface area contributed by atoms with Crippen molar-refractivity contribution in [3.05, 3.63) is 35.9 Å². The molecule has 104 valence electrons. The summed E-state index contributed by atoms with van der Waals surface area (Å²) in [7, 11) is 0. The largest absolute Gasteiger partial charge is 0.341 e. The standard InChI is InChI=1S/C15H23N3O/c16-8-11-18(15(19)14-6-9-17-12-14)10-7-13-4-2-1-3-5-13/h1-5,14,17H,6-12,16H2/t14-/m1/s1. The summed E-state index contributed by atoms with van der Waals surface area (Å²) >= 11 is 0. The molecule has 2 rings (SSSR count). The van der Waals surface area contributed by atoms with Crippen LogP contribution in [0.3, 0.4) is 0 Å². The van der Waals surface area contributed by atoms with Crippen molar-refractivity contribution < 1.29 is 4.79 Å². The molecule has 1 heterocycles. The van der Waals surface area contributed by atoms with Gasteiger partial charge in [-0.3, -0.25) is 4.79 Å². The van der Waals surface area contributed by atoms with E-state index in [1.807, 2.05) is 23.1 Å². The van der Waals surface area contributed by atoms with E-state index in [0.29, 0.717) is 13.1 Å². The van der Waals surface area contributed by atoms with Crippen LogP contribution in [0.2, 0.25) is 0 Å². The monoisotopic (exact) mass is 261 g/mol. The lowest BCUT2D eigenvalue weighted by Gasteiger charge is -2.25. The van der Waals surface area contributed by atoms with Crippen molar-refractivity contribution in [3.63, 3.8) is 0 Å². The van der Waals surface area contributed by atoms with Crippen LogP contribution in [-0.2, 0) is 11.2 Å². The van der Waals surface area contributed by atoms with E-state index in [0.717, 1.165) is 32.5 Å². The third-order valence-corrected chi connectivity index (χ3v) is 3.63. The van der Waals surface area contributed by atoms with Gasteiger partial charge in [0, 0.05) is 26.2 Å². The van der Waals surface area contributed by atoms with Crippen molar-refractivity contribution in [2.24, 2.45) is 11.7 Å². The van der Waals surface area contributed by atoms with E-state index in [-0.39, 0.29) is 11.8 Å². The number of hydrogen-bond donors (Lipinski definition) is 2. The van der Waals surface area contributed by atoms with Gasteiger partial charge in [-0.2, -0.15) is 0 Å². The Morgan fingerprint density at radius 3 is 2.74 bits per heavy atom. The SMILES string of the molecule is NCCN(CCc1ccccc1)C(=O)[C@@H]1CCNC1. The number of amides is 1. The van der Waals surface area contributed by atoms with Gasteiger partial charge in [-0.15, -0.1) is 0 Å². The molecule has 19 heavy (non-hydrogen) atoms. The van der Waals surface area contributed by atoms with E-state index in [1.54, 1.807) is 0 Å². The third-order valence-electron chi connectivity index (χ3n) is 3.63. The molecule has 0 radical (unpaired) electrons. The number of benzene rings is 1. The Kier molecular flexibility index (Phi) is 5.36. The fourth-order valence-electron chi connectivity index (χ4n) is 2.52. The fourth-order valence-corrected chi connectivity index (χ4v) is 2.52. The Balaban J connectivity index is 1.90. The fraction of sp³-hybridized carbons (Fsp3) is 0.533. The molecule has 4 nitrogen and oxygen atoms in total. The highest BCUT2D eigenvalue weighted by Gasteiger charge is 2.26. The molecule has 1 aromatic rings. The zero-order valence-electron chi connectivity index (χ0n) is 11.3. The molecule has 0 unspecified atom stereocenters. The van der Waals surface area contributed by atoms with E-state index in [1.165, 1.54) is 5.56 Å². The second-order valence-electron chi connectivity index (χ2n) is 5.04. The average Bonchev–Trinajstić information content (AvgIpc) is 2.98. The molecule has 4 heteroatoms. The Bertz CT molecular complexity index is 388. The molecule has 1 aliphatic rings. The number of nitrogens with one attached hydrogen (secondary N) is 1. The minimum absolute atomic E-state index is 0.141. The number of nitrogens with two attached hydrogens (primary N) is 1. The number of nitrogens with zero attached hydrogens (tertiary/aromatic N) is 1. The molecule has 1 atom stereocenters. The summed E-state index contributed by atoms with van der Waals surface area (Å²) in [6, 6.07) is 10.3. The van der Waals surface area contributed by atoms with Gasteiger partial charge in [0.25, 0.3) is 0 Å². The normalized spacial score (nSPS) is 18.5. The highest BCUT2D eigenvalue weighted by molar-refractivity contribution is 5.79. The predicted molar refractivity (Wildman–Crippen MR) is 76.8 cm³/mol. The molecule has 3 N–H and O–H groups in total. The molecular formula is C15H23N3O. The summed E-state index contributed by atoms with van der Waals surface area (Å²) in [4.78, 5) is 14.3. The number of rotatable bonds is 6. The second kappa shape index (κ2) is 7.26. The average molecular weight is 261 g/mol. The van der Waals surface area contributed by atoms with Crippen LogP contribution in [0.15, 0.2) is 30.3 Å². The summed E-state index contributed by atoms with van der Waals surface area (Å²) in [5.74, 6) is 0.397. The smallest absolute Gasteiger partial charge is 0.227 e. The van der Waals surface area contributed by atoms with Crippen LogP contribution in [-0.4, -0.2) is 43.5 Å². The quantitative estimate of drug-likeness (QED) is 0.789. The van der Waals surface area contributed by atoms with E-state index in [9.17, 15) is 4.79 Å². The second-order valence-corrected chi connectivity index (χ2v) is 5.04. The van der Waals surface area contributed by atoms with Gasteiger partial charge in [-0.05, 0) is 24.9 Å². The summed E-state index contributed by atoms with van der Waals surface area (Å²) in [6.45, 7) is 3.70. The lowest BCUT2D eigenvalue weighted by molar-refractivity contribution is -0.134. The van der Waals surface area contributed by atoms with Crippen molar-refractivity contribution in [3.8, 4) is 0 Å². The van der Waals surface area contributed by atoms with Crippen molar-refractivity contribution in [1.29, 1.82) is 0 Å². The molecule has 0 aromatic heterocycles. The molecule has 1 aromatic carbocycles. The Morgan fingerprint density at radius 2 is 2.11 bits per heavy atom. The lowest BCUT2D eigenvalue weighted by atomic mass is 10.1. The molecule has 1 amide bonds. The Hall–Kier alpha value is -1.39. The molecule has 1 saturated heterocycles. The zero-order chi connectivity index (χ0) is 13.5. The van der Waals surface area contributed by atoms with Gasteiger partial charge < -0.3 is 16.0 Å². The number of carbonyl (C=O) groups is 1. The molecule has 0 aliphatic carbocycles. The lowest BCUT2D eigenvalue weighted by Crippen LogP contribution is -2.41. The van der Waals surface area contributed by atoms with E-state index >= 15 is 0 Å². The van der Waals surface area contributed by atoms with Gasteiger partial charge in [-0.25, -0.2) is 0 Å². The molecule has 0 spiro atoms. The van der Waals surface area contributed by atoms with Crippen molar-refractivity contribution in [1.82, 2.24) is 10.2 Å². The van der Waals surface area contributed by atoms with Crippen LogP contribution < -0.4 is 11.1 Å². The maximum Gasteiger partial charge on any atom is 0.227 e. The number of carbonyl (C=O) groups excluding carboxylic acids is 1. The van der Waals surface area contributed by atoms with E-state index in [4.69, 9.17) is 5.73 Å². The van der Waals surface area contributed by atoms with E-state index in [2.05, 4.69) is 17.4 Å². The zero-order valence-corrected chi connectivity index (χ0v) is 11.3. The van der Waals surface area contributed by atoms with Crippen molar-refractivity contribution in [2.75, 3.05) is 32.7 Å². The first-order valence-electron chi connectivity index (χ1n) is 7.04. The van der Waals surface area contributed by atoms with Crippen LogP contribution in [0.5, 0.6) is 0 Å². The maximum absolute atomic E-state index is 12.4. The first-order chi connectivity index (χ1) is 9.31. The van der Waals surface area contributed by atoms with Crippen LogP contribution in [0, 0.1) is 5.92 Å². The van der Waals surface area contributed by atoms with Crippen molar-refractivity contribution in [2.45, 2.75) is 12.8 Å². The van der Waals surface area contributed by atoms with Crippen LogP contribution >= 0.6 is 0 Å². The molecule has 0 bridgehead atoms. The highest BCUT2D eigenvalue weighted by Crippen LogP contribution is 2.12. The summed E-state index contributed by atoms with van der Waals surface area (Å²) in [6.07, 6.45) is 1.85. The minimum Gasteiger partial charge on any atom is -0.341 e. The summed E-state index contributed by atoms with van der Waals surface area (Å²) < 4.78 is 0. The molecular weight excluding hydrogens is 238 g/mol. The van der Waals surface area contributed by atoms with Gasteiger partial charge in [0.1, 0.15) is 0 Å². The van der Waals surface area contributed by atoms with Crippen LogP contribution in [0.25, 0.3) is 0 Å². The Morgan fingerprint density at radius 1 is 1.32 bits per heavy atom. The predicted octanol–water partition coefficient (Wildman–Crippen LogP) is 0.626. The van der Waals surface area contributed by atoms with Gasteiger partial charge in [0.2, 0.25) is 5.91 Å². The Labute approximate surface area is 115 Å². The van der Waals surface area contributed by atoms with Gasteiger partial charge in [-0.1, -0.05) is 30.3 Å². The van der Waals surface area contributed by atoms with Crippen molar-refractivity contribution >= 4 is 5.91 Å². The van der Waals surface area contributed by atoms with E-state index < -0.39 is 0 Å². The first-order valence-corrected chi connectivity index (χ1v) is 7.04. The van der Waals surface area contributed by atoms with Crippen LogP contribution in [0.1, 0.15) is 12.0 Å². The van der Waals surface area contributed by atoms with Gasteiger partial charge in [0.15, 0.2) is 0 Å². The number of hydrogen-bond acceptors (Lipinski definition) is 3. The minimum atomic E-state index is 0.141. The topological polar surface area (TPSA) is 58.4 Å². The first kappa shape index (κ1) is 14.0. The van der Waals surface area contributed by atoms with Gasteiger partial charge in [0.05, 0.1) is 5.92 Å². The molecule has 1 fully saturated rings. The highest BCUT2D eigenvalue weighted by atomic mass is 16.2.